The molecule has 2 N–H and O–H groups in total. The molecule has 1 saturated heterocycles. The molecule has 1 aliphatic carbocycles. The van der Waals surface area contributed by atoms with Crippen LogP contribution >= 0.6 is 0 Å². The van der Waals surface area contributed by atoms with E-state index in [0.29, 0.717) is 21.8 Å². The fraction of sp³-hybridized carbons (Fsp3) is 0.448. The van der Waals surface area contributed by atoms with Crippen molar-refractivity contribution < 1.29 is 9.00 Å². The molecule has 10 nitrogen and oxygen atoms in total. The number of carbonyl (C=O) groups excluding carboxylic acids is 1. The molecule has 6 rings (SSSR count). The zero-order valence-electron chi connectivity index (χ0n) is 23.4. The first-order chi connectivity index (χ1) is 19.1. The lowest BCUT2D eigenvalue weighted by Gasteiger charge is -2.44. The normalized spacial score (nSPS) is 17.8. The molecule has 1 aliphatic heterocycles. The van der Waals surface area contributed by atoms with Gasteiger partial charge >= 0.3 is 0 Å². The number of benzene rings is 2. The maximum absolute atomic E-state index is 13.5. The predicted molar refractivity (Wildman–Crippen MR) is 155 cm³/mol. The summed E-state index contributed by atoms with van der Waals surface area (Å²) in [6, 6.07) is 11.7. The van der Waals surface area contributed by atoms with Crippen LogP contribution in [0, 0.1) is 13.8 Å². The summed E-state index contributed by atoms with van der Waals surface area (Å²) < 4.78 is 15.1. The van der Waals surface area contributed by atoms with E-state index >= 15 is 0 Å². The largest absolute Gasteiger partial charge is 0.369 e. The molecular weight excluding hydrogens is 526 g/mol. The number of nitrogens with zero attached hydrogens (tertiary/aromatic N) is 5. The Kier molecular flexibility index (Phi) is 6.74. The van der Waals surface area contributed by atoms with Crippen molar-refractivity contribution in [3.8, 4) is 0 Å². The Hall–Kier alpha value is -3.57. The van der Waals surface area contributed by atoms with Crippen LogP contribution in [0.2, 0.25) is 0 Å². The number of hydrogen-bond acceptors (Lipinski definition) is 7. The van der Waals surface area contributed by atoms with Gasteiger partial charge in [-0.1, -0.05) is 17.7 Å². The summed E-state index contributed by atoms with van der Waals surface area (Å²) in [4.78, 5) is 35.4. The number of aryl methyl sites for hydroxylation is 2. The van der Waals surface area contributed by atoms with Crippen molar-refractivity contribution in [2.24, 2.45) is 0 Å². The van der Waals surface area contributed by atoms with Crippen molar-refractivity contribution in [3.05, 3.63) is 57.9 Å². The van der Waals surface area contributed by atoms with Gasteiger partial charge in [-0.25, -0.2) is 13.9 Å². The summed E-state index contributed by atoms with van der Waals surface area (Å²) >= 11 is 0. The van der Waals surface area contributed by atoms with Gasteiger partial charge in [0.2, 0.25) is 5.91 Å². The minimum absolute atomic E-state index is 0.0962. The summed E-state index contributed by atoms with van der Waals surface area (Å²) in [5.74, 6) is 0.0962. The molecule has 0 spiro atoms. The molecule has 3 heterocycles. The second-order valence-corrected chi connectivity index (χ2v) is 12.8. The monoisotopic (exact) mass is 561 g/mol. The van der Waals surface area contributed by atoms with Crippen LogP contribution in [0.15, 0.2) is 51.1 Å². The minimum Gasteiger partial charge on any atom is -0.369 e. The van der Waals surface area contributed by atoms with E-state index in [1.54, 1.807) is 10.6 Å². The van der Waals surface area contributed by atoms with E-state index in [2.05, 4.69) is 30.4 Å². The minimum atomic E-state index is -1.60. The van der Waals surface area contributed by atoms with Gasteiger partial charge in [-0.05, 0) is 76.8 Å². The third-order valence-electron chi connectivity index (χ3n) is 8.45. The summed E-state index contributed by atoms with van der Waals surface area (Å²) in [7, 11) is -1.60. The first-order valence-corrected chi connectivity index (χ1v) is 15.0. The van der Waals surface area contributed by atoms with E-state index in [9.17, 15) is 13.8 Å². The summed E-state index contributed by atoms with van der Waals surface area (Å²) in [5.41, 5.74) is 2.88. The third-order valence-corrected chi connectivity index (χ3v) is 9.93. The number of nitrogens with one attached hydrogen (secondary N) is 2. The maximum Gasteiger partial charge on any atom is 0.281 e. The molecule has 2 aliphatic rings. The van der Waals surface area contributed by atoms with E-state index in [1.165, 1.54) is 6.42 Å². The lowest BCUT2D eigenvalue weighted by molar-refractivity contribution is -0.133. The summed E-state index contributed by atoms with van der Waals surface area (Å²) in [6.45, 7) is 10.9. The molecule has 2 aromatic carbocycles. The third kappa shape index (κ3) is 4.60. The average Bonchev–Trinajstić information content (AvgIpc) is 3.34. The fourth-order valence-corrected chi connectivity index (χ4v) is 6.79. The summed E-state index contributed by atoms with van der Waals surface area (Å²) in [5, 5.41) is 11.2. The van der Waals surface area contributed by atoms with Crippen LogP contribution in [0.5, 0.6) is 0 Å². The Balaban J connectivity index is 1.26. The van der Waals surface area contributed by atoms with E-state index in [1.807, 2.05) is 58.0 Å². The zero-order chi connectivity index (χ0) is 28.2. The number of amides is 1. The number of hydrogen-bond donors (Lipinski definition) is 2. The van der Waals surface area contributed by atoms with Crippen LogP contribution in [0.1, 0.15) is 44.2 Å². The Morgan fingerprint density at radius 3 is 2.50 bits per heavy atom. The second-order valence-electron chi connectivity index (χ2n) is 11.5. The molecule has 2 aromatic heterocycles. The van der Waals surface area contributed by atoms with Crippen LogP contribution < -0.4 is 15.8 Å². The first-order valence-electron chi connectivity index (χ1n) is 13.8. The van der Waals surface area contributed by atoms with E-state index in [0.717, 1.165) is 55.8 Å². The molecule has 0 radical (unpaired) electrons. The van der Waals surface area contributed by atoms with Crippen molar-refractivity contribution in [3.63, 3.8) is 0 Å². The van der Waals surface area contributed by atoms with E-state index in [-0.39, 0.29) is 22.1 Å². The van der Waals surface area contributed by atoms with Crippen molar-refractivity contribution in [2.75, 3.05) is 31.1 Å². The van der Waals surface area contributed by atoms with E-state index in [4.69, 9.17) is 0 Å². The highest BCUT2D eigenvalue weighted by molar-refractivity contribution is 7.85. The Morgan fingerprint density at radius 2 is 1.82 bits per heavy atom. The second kappa shape index (κ2) is 10.1. The average molecular weight is 562 g/mol. The summed E-state index contributed by atoms with van der Waals surface area (Å²) in [6.07, 6.45) is 3.33. The van der Waals surface area contributed by atoms with Gasteiger partial charge in [0.1, 0.15) is 10.8 Å². The molecule has 4 aromatic rings. The van der Waals surface area contributed by atoms with Gasteiger partial charge in [-0.3, -0.25) is 14.5 Å². The van der Waals surface area contributed by atoms with Crippen LogP contribution in [-0.2, 0) is 15.6 Å². The van der Waals surface area contributed by atoms with Gasteiger partial charge in [0.05, 0.1) is 16.4 Å². The Labute approximate surface area is 235 Å². The molecule has 2 fully saturated rings. The topological polar surface area (TPSA) is 116 Å². The molecule has 210 valence electrons. The quantitative estimate of drug-likeness (QED) is 0.372. The van der Waals surface area contributed by atoms with Crippen LogP contribution in [0.3, 0.4) is 0 Å². The number of anilines is 1. The highest BCUT2D eigenvalue weighted by atomic mass is 32.2. The number of aromatic nitrogens is 4. The molecule has 0 bridgehead atoms. The number of H-pyrrole nitrogens is 1. The molecule has 1 amide bonds. The van der Waals surface area contributed by atoms with E-state index < -0.39 is 16.3 Å². The van der Waals surface area contributed by atoms with Gasteiger partial charge in [0.25, 0.3) is 5.56 Å². The zero-order valence-corrected chi connectivity index (χ0v) is 24.2. The number of aromatic amines is 1. The highest BCUT2D eigenvalue weighted by Gasteiger charge is 2.38. The molecule has 1 saturated carbocycles. The lowest BCUT2D eigenvalue weighted by Crippen LogP contribution is -2.62. The number of rotatable bonds is 6. The SMILES string of the molecule is Cc1ccc(S(=O)c2n[nH]n3c2nc(=O)c2ccc(N4CCN(C(C)(C)C(=O)NC5CCC5)CC4)cc23)c(C)c1. The van der Waals surface area contributed by atoms with Crippen LogP contribution in [0.25, 0.3) is 16.6 Å². The standard InChI is InChI=1S/C29H35N7O3S/c1-18-8-11-24(19(2)16-18)40(39)27-25-31-26(37)22-10-9-21(17-23(22)36(25)33-32-27)34-12-14-35(15-13-34)29(3,4)28(38)30-20-6-5-7-20/h8-11,16-17,20,33H,5-7,12-15H2,1-4H3,(H,30,38). The predicted octanol–water partition coefficient (Wildman–Crippen LogP) is 2.92. The molecular formula is C29H35N7O3S. The lowest BCUT2D eigenvalue weighted by atomic mass is 9.91. The fourth-order valence-electron chi connectivity index (χ4n) is 5.61. The van der Waals surface area contributed by atoms with Crippen molar-refractivity contribution >= 4 is 38.9 Å². The number of piperazine rings is 1. The Bertz CT molecular complexity index is 1700. The number of fused-ring (bicyclic) bond motifs is 3. The van der Waals surface area contributed by atoms with Crippen molar-refractivity contribution in [2.45, 2.75) is 68.5 Å². The van der Waals surface area contributed by atoms with Crippen LogP contribution in [-0.4, -0.2) is 72.6 Å². The smallest absolute Gasteiger partial charge is 0.281 e. The first kappa shape index (κ1) is 26.6. The van der Waals surface area contributed by atoms with Gasteiger partial charge in [-0.2, -0.15) is 4.98 Å². The van der Waals surface area contributed by atoms with Gasteiger partial charge in [0, 0.05) is 42.8 Å². The van der Waals surface area contributed by atoms with Gasteiger partial charge in [-0.15, -0.1) is 5.10 Å². The Morgan fingerprint density at radius 1 is 1.07 bits per heavy atom. The molecule has 1 unspecified atom stereocenters. The molecule has 11 heteroatoms. The van der Waals surface area contributed by atoms with Gasteiger partial charge in [0.15, 0.2) is 10.7 Å². The maximum atomic E-state index is 13.5. The van der Waals surface area contributed by atoms with Crippen molar-refractivity contribution in [1.82, 2.24) is 30.0 Å². The van der Waals surface area contributed by atoms with Gasteiger partial charge < -0.3 is 10.2 Å². The highest BCUT2D eigenvalue weighted by Crippen LogP contribution is 2.27. The van der Waals surface area contributed by atoms with Crippen molar-refractivity contribution in [1.29, 1.82) is 0 Å². The number of carbonyl (C=O) groups is 1. The molecule has 40 heavy (non-hydrogen) atoms. The molecule has 1 atom stereocenters. The van der Waals surface area contributed by atoms with Crippen LogP contribution in [0.4, 0.5) is 5.69 Å².